The van der Waals surface area contributed by atoms with Gasteiger partial charge in [-0.3, -0.25) is 4.79 Å². The van der Waals surface area contributed by atoms with Crippen molar-refractivity contribution < 1.29 is 14.7 Å². The van der Waals surface area contributed by atoms with Crippen LogP contribution < -0.4 is 10.6 Å². The number of carbonyl (C=O) groups excluding carboxylic acids is 1. The SMILES string of the molecule is CCn1cnnc1CNC(=O)NC(CC(=O)O)C1CC1. The van der Waals surface area contributed by atoms with Crippen molar-refractivity contribution in [2.75, 3.05) is 0 Å². The smallest absolute Gasteiger partial charge is 0.315 e. The van der Waals surface area contributed by atoms with E-state index in [1.165, 1.54) is 0 Å². The number of nitrogens with zero attached hydrogens (tertiary/aromatic N) is 3. The van der Waals surface area contributed by atoms with Crippen molar-refractivity contribution >= 4 is 12.0 Å². The highest BCUT2D eigenvalue weighted by Crippen LogP contribution is 2.33. The van der Waals surface area contributed by atoms with Crippen LogP contribution in [-0.4, -0.2) is 37.9 Å². The summed E-state index contributed by atoms with van der Waals surface area (Å²) < 4.78 is 1.83. The molecule has 0 bridgehead atoms. The largest absolute Gasteiger partial charge is 0.481 e. The van der Waals surface area contributed by atoms with Crippen LogP contribution in [0.15, 0.2) is 6.33 Å². The van der Waals surface area contributed by atoms with Gasteiger partial charge in [0.05, 0.1) is 13.0 Å². The Morgan fingerprint density at radius 3 is 2.90 bits per heavy atom. The monoisotopic (exact) mass is 281 g/mol. The number of amides is 2. The first-order valence-corrected chi connectivity index (χ1v) is 6.73. The first-order valence-electron chi connectivity index (χ1n) is 6.73. The number of aliphatic carboxylic acids is 1. The topological polar surface area (TPSA) is 109 Å². The molecule has 2 rings (SSSR count). The predicted octanol–water partition coefficient (Wildman–Crippen LogP) is 0.350. The molecule has 1 saturated carbocycles. The Labute approximate surface area is 116 Å². The Bertz CT molecular complexity index is 483. The molecule has 1 unspecified atom stereocenters. The predicted molar refractivity (Wildman–Crippen MR) is 69.8 cm³/mol. The van der Waals surface area contributed by atoms with E-state index in [9.17, 15) is 9.59 Å². The second-order valence-corrected chi connectivity index (χ2v) is 4.90. The Kier molecular flexibility index (Phi) is 4.54. The molecule has 3 N–H and O–H groups in total. The van der Waals surface area contributed by atoms with Crippen molar-refractivity contribution in [3.63, 3.8) is 0 Å². The molecule has 110 valence electrons. The van der Waals surface area contributed by atoms with E-state index in [2.05, 4.69) is 20.8 Å². The minimum Gasteiger partial charge on any atom is -0.481 e. The van der Waals surface area contributed by atoms with Crippen molar-refractivity contribution in [1.82, 2.24) is 25.4 Å². The van der Waals surface area contributed by atoms with Gasteiger partial charge in [0.15, 0.2) is 5.82 Å². The minimum atomic E-state index is -0.895. The van der Waals surface area contributed by atoms with E-state index in [4.69, 9.17) is 5.11 Å². The van der Waals surface area contributed by atoms with Crippen LogP contribution in [0, 0.1) is 5.92 Å². The van der Waals surface area contributed by atoms with Crippen molar-refractivity contribution in [2.24, 2.45) is 5.92 Å². The molecule has 0 radical (unpaired) electrons. The molecular weight excluding hydrogens is 262 g/mol. The van der Waals surface area contributed by atoms with Crippen LogP contribution in [0.2, 0.25) is 0 Å². The van der Waals surface area contributed by atoms with Gasteiger partial charge in [-0.05, 0) is 25.7 Å². The van der Waals surface area contributed by atoms with Crippen molar-refractivity contribution in [3.8, 4) is 0 Å². The van der Waals surface area contributed by atoms with Crippen molar-refractivity contribution in [2.45, 2.75) is 45.3 Å². The van der Waals surface area contributed by atoms with Gasteiger partial charge in [0, 0.05) is 12.6 Å². The van der Waals surface area contributed by atoms with Crippen LogP contribution in [0.1, 0.15) is 32.0 Å². The maximum Gasteiger partial charge on any atom is 0.315 e. The van der Waals surface area contributed by atoms with Crippen LogP contribution in [0.25, 0.3) is 0 Å². The lowest BCUT2D eigenvalue weighted by Gasteiger charge is -2.16. The van der Waals surface area contributed by atoms with E-state index < -0.39 is 5.97 Å². The molecule has 0 aliphatic heterocycles. The number of carboxylic acids is 1. The van der Waals surface area contributed by atoms with Gasteiger partial charge in [-0.25, -0.2) is 4.79 Å². The molecule has 1 aromatic heterocycles. The van der Waals surface area contributed by atoms with E-state index in [1.807, 2.05) is 11.5 Å². The zero-order chi connectivity index (χ0) is 14.5. The molecule has 1 fully saturated rings. The fourth-order valence-corrected chi connectivity index (χ4v) is 2.08. The van der Waals surface area contributed by atoms with Crippen LogP contribution in [0.3, 0.4) is 0 Å². The standard InChI is InChI=1S/C12H19N5O3/c1-2-17-7-14-16-10(17)6-13-12(20)15-9(5-11(18)19)8-3-4-8/h7-9H,2-6H2,1H3,(H,18,19)(H2,13,15,20). The van der Waals surface area contributed by atoms with E-state index in [-0.39, 0.29) is 31.0 Å². The fourth-order valence-electron chi connectivity index (χ4n) is 2.08. The molecule has 1 aromatic rings. The van der Waals surface area contributed by atoms with Gasteiger partial charge in [-0.2, -0.15) is 0 Å². The Morgan fingerprint density at radius 2 is 2.30 bits per heavy atom. The first-order chi connectivity index (χ1) is 9.60. The summed E-state index contributed by atoms with van der Waals surface area (Å²) >= 11 is 0. The van der Waals surface area contributed by atoms with Gasteiger partial charge in [0.25, 0.3) is 0 Å². The fraction of sp³-hybridized carbons (Fsp3) is 0.667. The van der Waals surface area contributed by atoms with Crippen LogP contribution >= 0.6 is 0 Å². The number of urea groups is 1. The highest BCUT2D eigenvalue weighted by atomic mass is 16.4. The van der Waals surface area contributed by atoms with E-state index in [0.717, 1.165) is 19.4 Å². The summed E-state index contributed by atoms with van der Waals surface area (Å²) in [6.45, 7) is 2.96. The number of hydrogen-bond acceptors (Lipinski definition) is 4. The van der Waals surface area contributed by atoms with Gasteiger partial charge >= 0.3 is 12.0 Å². The zero-order valence-corrected chi connectivity index (χ0v) is 11.4. The molecule has 0 aromatic carbocycles. The summed E-state index contributed by atoms with van der Waals surface area (Å²) in [5.74, 6) is 0.0629. The summed E-state index contributed by atoms with van der Waals surface area (Å²) in [7, 11) is 0. The minimum absolute atomic E-state index is 0.0385. The molecule has 1 aliphatic carbocycles. The average Bonchev–Trinajstić information content (AvgIpc) is 3.14. The van der Waals surface area contributed by atoms with Crippen LogP contribution in [-0.2, 0) is 17.9 Å². The number of rotatable bonds is 7. The summed E-state index contributed by atoms with van der Waals surface area (Å²) in [5, 5.41) is 21.9. The Balaban J connectivity index is 1.80. The molecule has 1 atom stereocenters. The number of nitrogens with one attached hydrogen (secondary N) is 2. The third kappa shape index (κ3) is 3.94. The molecule has 8 nitrogen and oxygen atoms in total. The molecule has 1 aliphatic rings. The highest BCUT2D eigenvalue weighted by molar-refractivity contribution is 5.75. The second-order valence-electron chi connectivity index (χ2n) is 4.90. The molecule has 2 amide bonds. The molecule has 8 heteroatoms. The number of carboxylic acid groups (broad SMARTS) is 1. The lowest BCUT2D eigenvalue weighted by Crippen LogP contribution is -2.44. The third-order valence-corrected chi connectivity index (χ3v) is 3.35. The van der Waals surface area contributed by atoms with E-state index in [1.54, 1.807) is 6.33 Å². The number of aromatic nitrogens is 3. The Hall–Kier alpha value is -2.12. The third-order valence-electron chi connectivity index (χ3n) is 3.35. The summed E-state index contributed by atoms with van der Waals surface area (Å²) in [4.78, 5) is 22.5. The normalized spacial score (nSPS) is 15.7. The van der Waals surface area contributed by atoms with Gasteiger partial charge < -0.3 is 20.3 Å². The molecule has 1 heterocycles. The summed E-state index contributed by atoms with van der Waals surface area (Å²) in [6, 6.07) is -0.662. The lowest BCUT2D eigenvalue weighted by molar-refractivity contribution is -0.137. The van der Waals surface area contributed by atoms with Crippen LogP contribution in [0.5, 0.6) is 0 Å². The maximum absolute atomic E-state index is 11.8. The van der Waals surface area contributed by atoms with Gasteiger partial charge in [-0.15, -0.1) is 10.2 Å². The molecule has 0 spiro atoms. The number of aryl methyl sites for hydroxylation is 1. The summed E-state index contributed by atoms with van der Waals surface area (Å²) in [6.07, 6.45) is 3.51. The Morgan fingerprint density at radius 1 is 1.55 bits per heavy atom. The zero-order valence-electron chi connectivity index (χ0n) is 11.4. The quantitative estimate of drug-likeness (QED) is 0.668. The molecule has 0 saturated heterocycles. The second kappa shape index (κ2) is 6.36. The summed E-state index contributed by atoms with van der Waals surface area (Å²) in [5.41, 5.74) is 0. The van der Waals surface area contributed by atoms with Crippen molar-refractivity contribution in [1.29, 1.82) is 0 Å². The van der Waals surface area contributed by atoms with Gasteiger partial charge in [0.2, 0.25) is 0 Å². The first kappa shape index (κ1) is 14.3. The lowest BCUT2D eigenvalue weighted by atomic mass is 10.1. The number of carbonyl (C=O) groups is 2. The highest BCUT2D eigenvalue weighted by Gasteiger charge is 2.33. The average molecular weight is 281 g/mol. The molecule has 20 heavy (non-hydrogen) atoms. The van der Waals surface area contributed by atoms with E-state index >= 15 is 0 Å². The maximum atomic E-state index is 11.8. The molecular formula is C12H19N5O3. The van der Waals surface area contributed by atoms with Gasteiger partial charge in [0.1, 0.15) is 6.33 Å². The van der Waals surface area contributed by atoms with Crippen molar-refractivity contribution in [3.05, 3.63) is 12.2 Å². The number of hydrogen-bond donors (Lipinski definition) is 3. The van der Waals surface area contributed by atoms with E-state index in [0.29, 0.717) is 5.82 Å². The van der Waals surface area contributed by atoms with Gasteiger partial charge in [-0.1, -0.05) is 0 Å². The van der Waals surface area contributed by atoms with Crippen LogP contribution in [0.4, 0.5) is 4.79 Å².